The Balaban J connectivity index is 1.90. The molecule has 9 heteroatoms. The SMILES string of the molecule is COc1cc(OC)cc(C(=O)NCC(C)(C)NCC(=O)N2C[C@@H](F)C[C@H]2C#N)c1. The molecule has 2 N–H and O–H groups in total. The molecule has 0 radical (unpaired) electrons. The normalized spacial score (nSPS) is 18.8. The van der Waals surface area contributed by atoms with Crippen LogP contribution in [0, 0.1) is 11.3 Å². The molecular formula is C20H27FN4O4. The van der Waals surface area contributed by atoms with Crippen molar-refractivity contribution >= 4 is 11.8 Å². The molecule has 29 heavy (non-hydrogen) atoms. The van der Waals surface area contributed by atoms with Crippen molar-refractivity contribution in [3.8, 4) is 17.6 Å². The fourth-order valence-corrected chi connectivity index (χ4v) is 3.00. The zero-order chi connectivity index (χ0) is 21.6. The summed E-state index contributed by atoms with van der Waals surface area (Å²) in [5, 5.41) is 14.9. The highest BCUT2D eigenvalue weighted by Crippen LogP contribution is 2.22. The lowest BCUT2D eigenvalue weighted by Crippen LogP contribution is -2.52. The van der Waals surface area contributed by atoms with E-state index in [1.165, 1.54) is 19.1 Å². The van der Waals surface area contributed by atoms with Gasteiger partial charge in [0, 0.05) is 30.1 Å². The Hall–Kier alpha value is -2.86. The second kappa shape index (κ2) is 9.56. The highest BCUT2D eigenvalue weighted by molar-refractivity contribution is 5.95. The minimum atomic E-state index is -1.17. The van der Waals surface area contributed by atoms with Crippen LogP contribution in [0.3, 0.4) is 0 Å². The van der Waals surface area contributed by atoms with Gasteiger partial charge in [-0.2, -0.15) is 5.26 Å². The fraction of sp³-hybridized carbons (Fsp3) is 0.550. The molecule has 1 saturated heterocycles. The Morgan fingerprint density at radius 3 is 2.45 bits per heavy atom. The van der Waals surface area contributed by atoms with Crippen molar-refractivity contribution in [2.75, 3.05) is 33.9 Å². The molecule has 1 aromatic carbocycles. The first-order valence-corrected chi connectivity index (χ1v) is 9.28. The van der Waals surface area contributed by atoms with Crippen molar-refractivity contribution in [3.63, 3.8) is 0 Å². The number of hydrogen-bond acceptors (Lipinski definition) is 6. The van der Waals surface area contributed by atoms with Crippen LogP contribution in [-0.4, -0.2) is 68.3 Å². The molecule has 0 saturated carbocycles. The maximum Gasteiger partial charge on any atom is 0.251 e. The van der Waals surface area contributed by atoms with Crippen LogP contribution in [0.4, 0.5) is 4.39 Å². The number of amides is 2. The van der Waals surface area contributed by atoms with Gasteiger partial charge in [0.2, 0.25) is 5.91 Å². The third-order valence-corrected chi connectivity index (χ3v) is 4.74. The van der Waals surface area contributed by atoms with Crippen LogP contribution in [0.2, 0.25) is 0 Å². The Labute approximate surface area is 170 Å². The van der Waals surface area contributed by atoms with E-state index < -0.39 is 17.8 Å². The maximum absolute atomic E-state index is 13.5. The molecule has 0 aliphatic carbocycles. The highest BCUT2D eigenvalue weighted by Gasteiger charge is 2.35. The van der Waals surface area contributed by atoms with Crippen LogP contribution >= 0.6 is 0 Å². The number of hydrogen-bond donors (Lipinski definition) is 2. The number of carbonyl (C=O) groups excluding carboxylic acids is 2. The molecule has 8 nitrogen and oxygen atoms in total. The minimum absolute atomic E-state index is 0.0473. The summed E-state index contributed by atoms with van der Waals surface area (Å²) in [6.07, 6.45) is -1.12. The molecule has 0 unspecified atom stereocenters. The zero-order valence-corrected chi connectivity index (χ0v) is 17.1. The lowest BCUT2D eigenvalue weighted by atomic mass is 10.1. The number of ether oxygens (including phenoxy) is 2. The van der Waals surface area contributed by atoms with Crippen molar-refractivity contribution in [2.45, 2.75) is 38.0 Å². The van der Waals surface area contributed by atoms with Crippen LogP contribution < -0.4 is 20.1 Å². The van der Waals surface area contributed by atoms with Gasteiger partial charge in [-0.05, 0) is 26.0 Å². The molecule has 2 rings (SSSR count). The average molecular weight is 406 g/mol. The molecule has 1 aromatic rings. The van der Waals surface area contributed by atoms with E-state index >= 15 is 0 Å². The van der Waals surface area contributed by atoms with Crippen LogP contribution in [0.15, 0.2) is 18.2 Å². The Bertz CT molecular complexity index is 771. The summed E-state index contributed by atoms with van der Waals surface area (Å²) in [6.45, 7) is 3.78. The number of rotatable bonds is 8. The van der Waals surface area contributed by atoms with Gasteiger partial charge >= 0.3 is 0 Å². The molecule has 158 valence electrons. The van der Waals surface area contributed by atoms with E-state index in [1.807, 2.05) is 19.9 Å². The molecule has 1 aliphatic rings. The van der Waals surface area contributed by atoms with Gasteiger partial charge in [-0.1, -0.05) is 0 Å². The summed E-state index contributed by atoms with van der Waals surface area (Å²) in [7, 11) is 3.01. The summed E-state index contributed by atoms with van der Waals surface area (Å²) in [4.78, 5) is 26.1. The van der Waals surface area contributed by atoms with Gasteiger partial charge in [0.05, 0.1) is 33.4 Å². The van der Waals surface area contributed by atoms with E-state index in [0.717, 1.165) is 0 Å². The summed E-state index contributed by atoms with van der Waals surface area (Å²) in [5.74, 6) is 0.351. The van der Waals surface area contributed by atoms with Gasteiger partial charge in [-0.3, -0.25) is 9.59 Å². The third-order valence-electron chi connectivity index (χ3n) is 4.74. The fourth-order valence-electron chi connectivity index (χ4n) is 3.00. The summed E-state index contributed by atoms with van der Waals surface area (Å²) in [5.41, 5.74) is -0.221. The van der Waals surface area contributed by atoms with Gasteiger partial charge in [0.1, 0.15) is 23.7 Å². The van der Waals surface area contributed by atoms with Crippen LogP contribution in [-0.2, 0) is 4.79 Å². The van der Waals surface area contributed by atoms with Gasteiger partial charge in [-0.15, -0.1) is 0 Å². The van der Waals surface area contributed by atoms with Crippen molar-refractivity contribution in [2.24, 2.45) is 0 Å². The smallest absolute Gasteiger partial charge is 0.251 e. The minimum Gasteiger partial charge on any atom is -0.497 e. The largest absolute Gasteiger partial charge is 0.497 e. The topological polar surface area (TPSA) is 104 Å². The van der Waals surface area contributed by atoms with Gasteiger partial charge < -0.3 is 25.0 Å². The highest BCUT2D eigenvalue weighted by atomic mass is 19.1. The quantitative estimate of drug-likeness (QED) is 0.674. The molecule has 0 bridgehead atoms. The monoisotopic (exact) mass is 406 g/mol. The second-order valence-electron chi connectivity index (χ2n) is 7.55. The van der Waals surface area contributed by atoms with E-state index in [0.29, 0.717) is 17.1 Å². The third kappa shape index (κ3) is 6.06. The number of nitrogens with one attached hydrogen (secondary N) is 2. The first-order valence-electron chi connectivity index (χ1n) is 9.28. The number of nitriles is 1. The van der Waals surface area contributed by atoms with E-state index in [1.54, 1.807) is 18.2 Å². The Morgan fingerprint density at radius 1 is 1.28 bits per heavy atom. The average Bonchev–Trinajstić information content (AvgIpc) is 3.10. The number of benzene rings is 1. The summed E-state index contributed by atoms with van der Waals surface area (Å²) >= 11 is 0. The summed E-state index contributed by atoms with van der Waals surface area (Å²) in [6, 6.07) is 6.10. The van der Waals surface area contributed by atoms with Crippen LogP contribution in [0.25, 0.3) is 0 Å². The number of nitrogens with zero attached hydrogens (tertiary/aromatic N) is 2. The molecule has 0 spiro atoms. The molecule has 1 fully saturated rings. The molecule has 2 atom stereocenters. The van der Waals surface area contributed by atoms with Crippen LogP contribution in [0.5, 0.6) is 11.5 Å². The maximum atomic E-state index is 13.5. The molecule has 2 amide bonds. The number of carbonyl (C=O) groups is 2. The predicted molar refractivity (Wildman–Crippen MR) is 105 cm³/mol. The lowest BCUT2D eigenvalue weighted by molar-refractivity contribution is -0.130. The Kier molecular flexibility index (Phi) is 7.40. The molecule has 1 heterocycles. The van der Waals surface area contributed by atoms with Gasteiger partial charge in [0.15, 0.2) is 0 Å². The molecule has 1 aliphatic heterocycles. The number of likely N-dealkylation sites (tertiary alicyclic amines) is 1. The standard InChI is InChI=1S/C20H27FN4O4/c1-20(2,24-10-18(26)25-11-14(21)7-15(25)9-22)12-23-19(27)13-5-16(28-3)8-17(6-13)29-4/h5-6,8,14-15,24H,7,10-12H2,1-4H3,(H,23,27)/t14-,15-/m0/s1. The van der Waals surface area contributed by atoms with Crippen molar-refractivity contribution in [1.82, 2.24) is 15.5 Å². The van der Waals surface area contributed by atoms with Crippen molar-refractivity contribution < 1.29 is 23.5 Å². The van der Waals surface area contributed by atoms with E-state index in [2.05, 4.69) is 10.6 Å². The van der Waals surface area contributed by atoms with Crippen LogP contribution in [0.1, 0.15) is 30.6 Å². The van der Waals surface area contributed by atoms with E-state index in [-0.39, 0.29) is 37.9 Å². The predicted octanol–water partition coefficient (Wildman–Crippen LogP) is 1.26. The number of halogens is 1. The molecular weight excluding hydrogens is 379 g/mol. The summed E-state index contributed by atoms with van der Waals surface area (Å²) < 4.78 is 23.8. The first kappa shape index (κ1) is 22.4. The van der Waals surface area contributed by atoms with Gasteiger partial charge in [0.25, 0.3) is 5.91 Å². The zero-order valence-electron chi connectivity index (χ0n) is 17.1. The first-order chi connectivity index (χ1) is 13.7. The van der Waals surface area contributed by atoms with E-state index in [4.69, 9.17) is 14.7 Å². The van der Waals surface area contributed by atoms with Crippen molar-refractivity contribution in [3.05, 3.63) is 23.8 Å². The Morgan fingerprint density at radius 2 is 1.90 bits per heavy atom. The molecule has 0 aromatic heterocycles. The van der Waals surface area contributed by atoms with Gasteiger partial charge in [-0.25, -0.2) is 4.39 Å². The number of alkyl halides is 1. The van der Waals surface area contributed by atoms with Crippen molar-refractivity contribution in [1.29, 1.82) is 5.26 Å². The van der Waals surface area contributed by atoms with E-state index in [9.17, 15) is 14.0 Å². The lowest BCUT2D eigenvalue weighted by Gasteiger charge is -2.28. The second-order valence-corrected chi connectivity index (χ2v) is 7.55. The number of methoxy groups -OCH3 is 2.